The third-order valence-electron chi connectivity index (χ3n) is 2.65. The Balaban J connectivity index is 2.56. The van der Waals surface area contributed by atoms with Gasteiger partial charge in [0.2, 0.25) is 0 Å². The number of hydrazine groups is 1. The maximum atomic E-state index is 14.0. The zero-order valence-corrected chi connectivity index (χ0v) is 9.69. The molecule has 0 radical (unpaired) electrons. The monoisotopic (exact) mass is 250 g/mol. The van der Waals surface area contributed by atoms with Gasteiger partial charge in [0.15, 0.2) is 0 Å². The summed E-state index contributed by atoms with van der Waals surface area (Å²) >= 11 is 0. The van der Waals surface area contributed by atoms with Crippen LogP contribution >= 0.6 is 0 Å². The molecule has 2 rings (SSSR count). The zero-order valence-electron chi connectivity index (χ0n) is 9.69. The van der Waals surface area contributed by atoms with Crippen molar-refractivity contribution in [3.8, 4) is 0 Å². The van der Waals surface area contributed by atoms with E-state index in [2.05, 4.69) is 15.4 Å². The number of halogens is 2. The first-order chi connectivity index (χ1) is 8.65. The Morgan fingerprint density at radius 1 is 1.28 bits per heavy atom. The van der Waals surface area contributed by atoms with E-state index in [0.29, 0.717) is 11.3 Å². The van der Waals surface area contributed by atoms with E-state index >= 15 is 0 Å². The van der Waals surface area contributed by atoms with Crippen molar-refractivity contribution in [1.82, 2.24) is 15.4 Å². The Bertz CT molecular complexity index is 545. The smallest absolute Gasteiger partial charge is 0.134 e. The average Bonchev–Trinajstić information content (AvgIpc) is 2.40. The Kier molecular flexibility index (Phi) is 3.59. The molecule has 1 aromatic carbocycles. The summed E-state index contributed by atoms with van der Waals surface area (Å²) in [6.45, 7) is 1.56. The van der Waals surface area contributed by atoms with Crippen molar-refractivity contribution in [3.63, 3.8) is 0 Å². The lowest BCUT2D eigenvalue weighted by Gasteiger charge is -2.17. The van der Waals surface area contributed by atoms with Crippen molar-refractivity contribution < 1.29 is 8.78 Å². The topological polar surface area (TPSA) is 63.8 Å². The second kappa shape index (κ2) is 5.16. The predicted octanol–water partition coefficient (Wildman–Crippen LogP) is 1.62. The van der Waals surface area contributed by atoms with Gasteiger partial charge >= 0.3 is 0 Å². The predicted molar refractivity (Wildman–Crippen MR) is 62.3 cm³/mol. The fourth-order valence-electron chi connectivity index (χ4n) is 1.72. The number of rotatable bonds is 3. The van der Waals surface area contributed by atoms with E-state index in [0.717, 1.165) is 0 Å². The van der Waals surface area contributed by atoms with Crippen molar-refractivity contribution >= 4 is 0 Å². The van der Waals surface area contributed by atoms with Gasteiger partial charge in [0.05, 0.1) is 17.9 Å². The Hall–Kier alpha value is -1.92. The van der Waals surface area contributed by atoms with E-state index in [9.17, 15) is 8.78 Å². The van der Waals surface area contributed by atoms with Gasteiger partial charge in [-0.25, -0.2) is 14.2 Å². The van der Waals surface area contributed by atoms with Gasteiger partial charge in [0.25, 0.3) is 0 Å². The third kappa shape index (κ3) is 2.20. The molecule has 0 spiro atoms. The van der Waals surface area contributed by atoms with Crippen molar-refractivity contribution in [2.45, 2.75) is 13.0 Å². The standard InChI is InChI=1S/C12H12F2N4/c1-7-2-3-8(13)10(11(7)14)12(18-15)9-6-16-4-5-17-9/h2-6,12,18H,15H2,1H3. The van der Waals surface area contributed by atoms with Crippen LogP contribution in [0.5, 0.6) is 0 Å². The number of aromatic nitrogens is 2. The fourth-order valence-corrected chi connectivity index (χ4v) is 1.72. The molecule has 0 aliphatic heterocycles. The lowest BCUT2D eigenvalue weighted by Crippen LogP contribution is -2.31. The van der Waals surface area contributed by atoms with Gasteiger partial charge in [-0.3, -0.25) is 15.8 Å². The maximum Gasteiger partial charge on any atom is 0.134 e. The van der Waals surface area contributed by atoms with Crippen molar-refractivity contribution in [1.29, 1.82) is 0 Å². The molecule has 0 saturated carbocycles. The van der Waals surface area contributed by atoms with Crippen LogP contribution in [0.1, 0.15) is 22.9 Å². The van der Waals surface area contributed by atoms with Gasteiger partial charge in [0, 0.05) is 18.0 Å². The minimum Gasteiger partial charge on any atom is -0.271 e. The number of nitrogens with one attached hydrogen (secondary N) is 1. The minimum atomic E-state index is -0.876. The molecular weight excluding hydrogens is 238 g/mol. The molecule has 3 N–H and O–H groups in total. The maximum absolute atomic E-state index is 14.0. The largest absolute Gasteiger partial charge is 0.271 e. The summed E-state index contributed by atoms with van der Waals surface area (Å²) in [6, 6.07) is 1.70. The highest BCUT2D eigenvalue weighted by Crippen LogP contribution is 2.26. The number of aryl methyl sites for hydroxylation is 1. The molecule has 2 aromatic rings. The molecule has 1 aromatic heterocycles. The summed E-state index contributed by atoms with van der Waals surface area (Å²) in [5.41, 5.74) is 2.90. The molecule has 6 heteroatoms. The first kappa shape index (κ1) is 12.5. The molecule has 1 unspecified atom stereocenters. The van der Waals surface area contributed by atoms with Crippen LogP contribution in [-0.4, -0.2) is 9.97 Å². The summed E-state index contributed by atoms with van der Waals surface area (Å²) < 4.78 is 27.8. The van der Waals surface area contributed by atoms with Crippen LogP contribution in [0.4, 0.5) is 8.78 Å². The second-order valence-corrected chi connectivity index (χ2v) is 3.82. The molecule has 94 valence electrons. The highest BCUT2D eigenvalue weighted by atomic mass is 19.1. The quantitative estimate of drug-likeness (QED) is 0.641. The van der Waals surface area contributed by atoms with Gasteiger partial charge in [-0.2, -0.15) is 0 Å². The molecule has 0 saturated heterocycles. The van der Waals surface area contributed by atoms with Gasteiger partial charge in [-0.05, 0) is 18.6 Å². The Morgan fingerprint density at radius 2 is 2.06 bits per heavy atom. The normalized spacial score (nSPS) is 12.4. The molecular formula is C12H12F2N4. The van der Waals surface area contributed by atoms with Crippen molar-refractivity contribution in [2.24, 2.45) is 5.84 Å². The molecule has 1 heterocycles. The number of hydrogen-bond acceptors (Lipinski definition) is 4. The first-order valence-electron chi connectivity index (χ1n) is 5.31. The molecule has 0 amide bonds. The molecule has 1 atom stereocenters. The van der Waals surface area contributed by atoms with Gasteiger partial charge in [-0.1, -0.05) is 6.07 Å². The van der Waals surface area contributed by atoms with E-state index in [-0.39, 0.29) is 5.56 Å². The highest BCUT2D eigenvalue weighted by Gasteiger charge is 2.23. The fraction of sp³-hybridized carbons (Fsp3) is 0.167. The first-order valence-corrected chi connectivity index (χ1v) is 5.31. The van der Waals surface area contributed by atoms with E-state index in [1.54, 1.807) is 6.92 Å². The number of nitrogens with zero attached hydrogens (tertiary/aromatic N) is 2. The van der Waals surface area contributed by atoms with Crippen LogP contribution in [-0.2, 0) is 0 Å². The summed E-state index contributed by atoms with van der Waals surface area (Å²) in [5.74, 6) is 4.06. The molecule has 4 nitrogen and oxygen atoms in total. The van der Waals surface area contributed by atoms with Crippen LogP contribution in [0.2, 0.25) is 0 Å². The molecule has 0 fully saturated rings. The van der Waals surface area contributed by atoms with E-state index < -0.39 is 17.7 Å². The van der Waals surface area contributed by atoms with Gasteiger partial charge < -0.3 is 0 Å². The minimum absolute atomic E-state index is 0.155. The van der Waals surface area contributed by atoms with Gasteiger partial charge in [-0.15, -0.1) is 0 Å². The van der Waals surface area contributed by atoms with E-state index in [1.165, 1.54) is 30.7 Å². The van der Waals surface area contributed by atoms with Crippen LogP contribution < -0.4 is 11.3 Å². The lowest BCUT2D eigenvalue weighted by molar-refractivity contribution is 0.501. The molecule has 0 aliphatic rings. The molecule has 0 aliphatic carbocycles. The number of nitrogens with two attached hydrogens (primary N) is 1. The highest BCUT2D eigenvalue weighted by molar-refractivity contribution is 5.33. The summed E-state index contributed by atoms with van der Waals surface area (Å²) in [6.07, 6.45) is 4.32. The SMILES string of the molecule is Cc1ccc(F)c(C(NN)c2cnccn2)c1F. The third-order valence-corrected chi connectivity index (χ3v) is 2.65. The van der Waals surface area contributed by atoms with Crippen LogP contribution in [0.15, 0.2) is 30.7 Å². The Labute approximate surface area is 103 Å². The second-order valence-electron chi connectivity index (χ2n) is 3.82. The number of hydrogen-bond donors (Lipinski definition) is 2. The van der Waals surface area contributed by atoms with Gasteiger partial charge in [0.1, 0.15) is 11.6 Å². The van der Waals surface area contributed by atoms with Crippen LogP contribution in [0.3, 0.4) is 0 Å². The van der Waals surface area contributed by atoms with Crippen LogP contribution in [0.25, 0.3) is 0 Å². The summed E-state index contributed by atoms with van der Waals surface area (Å²) in [4.78, 5) is 7.86. The van der Waals surface area contributed by atoms with Crippen molar-refractivity contribution in [3.05, 3.63) is 59.2 Å². The lowest BCUT2D eigenvalue weighted by atomic mass is 10.0. The van der Waals surface area contributed by atoms with E-state index in [1.807, 2.05) is 0 Å². The molecule has 0 bridgehead atoms. The number of benzene rings is 1. The average molecular weight is 250 g/mol. The molecule has 18 heavy (non-hydrogen) atoms. The Morgan fingerprint density at radius 3 is 2.67 bits per heavy atom. The summed E-state index contributed by atoms with van der Waals surface area (Å²) in [7, 11) is 0. The van der Waals surface area contributed by atoms with E-state index in [4.69, 9.17) is 5.84 Å². The van der Waals surface area contributed by atoms with Crippen LogP contribution in [0, 0.1) is 18.6 Å². The van der Waals surface area contributed by atoms with Crippen molar-refractivity contribution in [2.75, 3.05) is 0 Å². The summed E-state index contributed by atoms with van der Waals surface area (Å²) in [5, 5.41) is 0. The zero-order chi connectivity index (χ0) is 13.1.